The lowest BCUT2D eigenvalue weighted by Crippen LogP contribution is -2.24. The lowest BCUT2D eigenvalue weighted by molar-refractivity contribution is 0.221. The van der Waals surface area contributed by atoms with Crippen LogP contribution in [-0.4, -0.2) is 19.3 Å². The summed E-state index contributed by atoms with van der Waals surface area (Å²) in [5.41, 5.74) is 17.0. The maximum absolute atomic E-state index is 3.70. The maximum atomic E-state index is 3.70. The van der Waals surface area contributed by atoms with Gasteiger partial charge in [-0.3, -0.25) is 0 Å². The molecule has 8 aromatic carbocycles. The fraction of sp³-hybridized carbons (Fsp3) is 0.0588. The molecule has 2 aromatic heterocycles. The second kappa shape index (κ2) is 13.5. The van der Waals surface area contributed by atoms with E-state index in [2.05, 4.69) is 225 Å². The first-order valence-corrected chi connectivity index (χ1v) is 19.4. The van der Waals surface area contributed by atoms with E-state index >= 15 is 0 Å². The molecule has 11 rings (SSSR count). The molecule has 3 atom stereocenters. The van der Waals surface area contributed by atoms with Crippen LogP contribution in [0.2, 0.25) is 0 Å². The van der Waals surface area contributed by atoms with Crippen molar-refractivity contribution in [1.29, 1.82) is 0 Å². The van der Waals surface area contributed by atoms with Crippen molar-refractivity contribution in [3.63, 3.8) is 0 Å². The Morgan fingerprint density at radius 2 is 0.929 bits per heavy atom. The van der Waals surface area contributed by atoms with Gasteiger partial charge in [0.25, 0.3) is 0 Å². The Morgan fingerprint density at radius 1 is 0.393 bits per heavy atom. The molecule has 0 radical (unpaired) electrons. The standard InChI is InChI=1S/C51H39N5/c1-4-16-36(17-5-1)34-52-56-51(53(56)35-37-18-6-2-7-19-37)40-22-14-20-38(30-40)39-21-15-25-42(31-39)55-48-29-13-11-27-44(48)46-32-45-43-26-10-12-28-47(43)54(49(45)33-50(46)55)41-23-8-3-9-24-41/h1-33,51-52H,34-35H2/t51?,53-,56?/m1/s1. The van der Waals surface area contributed by atoms with Gasteiger partial charge in [-0.1, -0.05) is 146 Å². The number of benzene rings is 8. The van der Waals surface area contributed by atoms with E-state index in [1.165, 1.54) is 71.4 Å². The zero-order valence-corrected chi connectivity index (χ0v) is 30.8. The van der Waals surface area contributed by atoms with E-state index in [1.54, 1.807) is 0 Å². The molecule has 1 aliphatic rings. The maximum Gasteiger partial charge on any atom is 0.132 e. The van der Waals surface area contributed by atoms with Gasteiger partial charge in [0.05, 0.1) is 22.1 Å². The smallest absolute Gasteiger partial charge is 0.132 e. The van der Waals surface area contributed by atoms with Gasteiger partial charge < -0.3 is 9.13 Å². The molecule has 0 amide bonds. The number of para-hydroxylation sites is 3. The van der Waals surface area contributed by atoms with Gasteiger partial charge in [-0.2, -0.15) is 10.1 Å². The third-order valence-corrected chi connectivity index (χ3v) is 11.3. The zero-order valence-electron chi connectivity index (χ0n) is 30.8. The molecule has 1 fully saturated rings. The summed E-state index contributed by atoms with van der Waals surface area (Å²) in [5, 5.41) is 9.72. The van der Waals surface area contributed by atoms with Crippen LogP contribution in [0.4, 0.5) is 0 Å². The summed E-state index contributed by atoms with van der Waals surface area (Å²) in [6.07, 6.45) is 0.123. The average molecular weight is 722 g/mol. The predicted octanol–water partition coefficient (Wildman–Crippen LogP) is 12.0. The Bertz CT molecular complexity index is 3020. The zero-order chi connectivity index (χ0) is 37.0. The predicted molar refractivity (Wildman–Crippen MR) is 230 cm³/mol. The van der Waals surface area contributed by atoms with Gasteiger partial charge in [-0.15, -0.1) is 0 Å². The van der Waals surface area contributed by atoms with Crippen LogP contribution in [0.3, 0.4) is 0 Å². The first-order chi connectivity index (χ1) is 27.8. The molecule has 1 saturated heterocycles. The molecule has 0 saturated carbocycles. The van der Waals surface area contributed by atoms with Crippen LogP contribution >= 0.6 is 0 Å². The van der Waals surface area contributed by atoms with E-state index in [4.69, 9.17) is 0 Å². The van der Waals surface area contributed by atoms with Gasteiger partial charge in [0.15, 0.2) is 0 Å². The molecule has 1 aliphatic heterocycles. The van der Waals surface area contributed by atoms with Crippen molar-refractivity contribution < 1.29 is 0 Å². The first-order valence-electron chi connectivity index (χ1n) is 19.4. The Hall–Kier alpha value is -6.76. The molecule has 0 aliphatic carbocycles. The molecule has 3 heterocycles. The third kappa shape index (κ3) is 5.61. The van der Waals surface area contributed by atoms with Crippen molar-refractivity contribution in [2.45, 2.75) is 19.3 Å². The monoisotopic (exact) mass is 721 g/mol. The van der Waals surface area contributed by atoms with Crippen molar-refractivity contribution in [2.75, 3.05) is 0 Å². The Kier molecular flexibility index (Phi) is 7.88. The number of hydrogen-bond donors (Lipinski definition) is 1. The normalized spacial score (nSPS) is 16.6. The van der Waals surface area contributed by atoms with Crippen molar-refractivity contribution in [1.82, 2.24) is 24.7 Å². The minimum absolute atomic E-state index is 0.123. The number of aromatic nitrogens is 2. The summed E-state index contributed by atoms with van der Waals surface area (Å²) >= 11 is 0. The largest absolute Gasteiger partial charge is 0.309 e. The van der Waals surface area contributed by atoms with E-state index in [0.29, 0.717) is 0 Å². The highest BCUT2D eigenvalue weighted by Crippen LogP contribution is 2.43. The summed E-state index contributed by atoms with van der Waals surface area (Å²) < 4.78 is 4.85. The Morgan fingerprint density at radius 3 is 1.61 bits per heavy atom. The van der Waals surface area contributed by atoms with Gasteiger partial charge in [-0.05, 0) is 82.4 Å². The molecular weight excluding hydrogens is 683 g/mol. The van der Waals surface area contributed by atoms with Gasteiger partial charge in [0.2, 0.25) is 0 Å². The molecule has 56 heavy (non-hydrogen) atoms. The van der Waals surface area contributed by atoms with Crippen LogP contribution in [0.1, 0.15) is 22.9 Å². The number of hydrogen-bond acceptors (Lipinski definition) is 3. The number of rotatable bonds is 9. The number of fused-ring (bicyclic) bond motifs is 6. The molecular formula is C51H39N5. The van der Waals surface area contributed by atoms with Gasteiger partial charge in [0, 0.05) is 46.0 Å². The minimum atomic E-state index is 0.123. The summed E-state index contributed by atoms with van der Waals surface area (Å²) in [5.74, 6) is 0. The summed E-state index contributed by atoms with van der Waals surface area (Å²) in [6.45, 7) is 1.60. The molecule has 0 spiro atoms. The molecule has 1 N–H and O–H groups in total. The van der Waals surface area contributed by atoms with Crippen LogP contribution in [0.5, 0.6) is 0 Å². The average Bonchev–Trinajstić information content (AvgIpc) is 3.70. The summed E-state index contributed by atoms with van der Waals surface area (Å²) in [4.78, 5) is 0. The summed E-state index contributed by atoms with van der Waals surface area (Å²) in [7, 11) is 0. The summed E-state index contributed by atoms with van der Waals surface area (Å²) in [6, 6.07) is 72.5. The van der Waals surface area contributed by atoms with E-state index in [0.717, 1.165) is 24.5 Å². The van der Waals surface area contributed by atoms with Crippen molar-refractivity contribution in [3.05, 3.63) is 217 Å². The van der Waals surface area contributed by atoms with Gasteiger partial charge >= 0.3 is 0 Å². The quantitative estimate of drug-likeness (QED) is 0.150. The molecule has 268 valence electrons. The van der Waals surface area contributed by atoms with Crippen LogP contribution in [0, 0.1) is 0 Å². The lowest BCUT2D eigenvalue weighted by Gasteiger charge is -2.12. The van der Waals surface area contributed by atoms with Gasteiger partial charge in [-0.25, -0.2) is 5.43 Å². The SMILES string of the molecule is c1ccc(CNN2C(c3cccc(-c4cccc(-n5c6ccccc6c6cc7c8ccccc8n(-c8ccccc8)c7cc65)c4)c3)[N@@]2Cc2ccccc2)cc1. The van der Waals surface area contributed by atoms with E-state index < -0.39 is 0 Å². The fourth-order valence-corrected chi connectivity index (χ4v) is 8.67. The second-order valence-corrected chi connectivity index (χ2v) is 14.7. The first kappa shape index (κ1) is 32.7. The molecule has 2 unspecified atom stereocenters. The van der Waals surface area contributed by atoms with Crippen LogP contribution in [0.15, 0.2) is 200 Å². The topological polar surface area (TPSA) is 27.9 Å². The third-order valence-electron chi connectivity index (χ3n) is 11.3. The Balaban J connectivity index is 1.00. The highest BCUT2D eigenvalue weighted by molar-refractivity contribution is 6.19. The van der Waals surface area contributed by atoms with Crippen molar-refractivity contribution >= 4 is 43.6 Å². The van der Waals surface area contributed by atoms with Crippen LogP contribution < -0.4 is 5.43 Å². The molecule has 5 heteroatoms. The highest BCUT2D eigenvalue weighted by atomic mass is 16.0. The molecule has 5 nitrogen and oxygen atoms in total. The van der Waals surface area contributed by atoms with E-state index in [9.17, 15) is 0 Å². The van der Waals surface area contributed by atoms with Crippen molar-refractivity contribution in [2.24, 2.45) is 0 Å². The van der Waals surface area contributed by atoms with E-state index in [1.807, 2.05) is 0 Å². The van der Waals surface area contributed by atoms with Crippen molar-refractivity contribution in [3.8, 4) is 22.5 Å². The van der Waals surface area contributed by atoms with Gasteiger partial charge in [0.1, 0.15) is 6.17 Å². The van der Waals surface area contributed by atoms with Crippen LogP contribution in [0.25, 0.3) is 66.1 Å². The number of hydrazine groups is 2. The molecule has 10 aromatic rings. The number of nitrogens with one attached hydrogen (secondary N) is 1. The minimum Gasteiger partial charge on any atom is -0.309 e. The second-order valence-electron chi connectivity index (χ2n) is 14.7. The number of nitrogens with zero attached hydrogens (tertiary/aromatic N) is 4. The van der Waals surface area contributed by atoms with E-state index in [-0.39, 0.29) is 6.17 Å². The van der Waals surface area contributed by atoms with Crippen LogP contribution in [-0.2, 0) is 13.1 Å². The molecule has 0 bridgehead atoms. The Labute approximate surface area is 325 Å². The fourth-order valence-electron chi connectivity index (χ4n) is 8.67. The highest BCUT2D eigenvalue weighted by Gasteiger charge is 2.46. The lowest BCUT2D eigenvalue weighted by atomic mass is 10.0.